The van der Waals surface area contributed by atoms with Crippen LogP contribution in [0.3, 0.4) is 0 Å². The lowest BCUT2D eigenvalue weighted by Crippen LogP contribution is -2.33. The van der Waals surface area contributed by atoms with E-state index in [0.29, 0.717) is 6.42 Å². The Morgan fingerprint density at radius 1 is 1.50 bits per heavy atom. The quantitative estimate of drug-likeness (QED) is 0.616. The van der Waals surface area contributed by atoms with Gasteiger partial charge < -0.3 is 5.73 Å². The van der Waals surface area contributed by atoms with Gasteiger partial charge in [-0.1, -0.05) is 19.8 Å². The highest BCUT2D eigenvalue weighted by atomic mass is 16.1. The summed E-state index contributed by atoms with van der Waals surface area (Å²) in [5.41, 5.74) is 5.03. The molecule has 2 heteroatoms. The number of hydrogen-bond acceptors (Lipinski definition) is 1. The SMILES string of the molecule is [CH2]CC1(C(N)=O)CCCC1. The van der Waals surface area contributed by atoms with E-state index >= 15 is 0 Å². The second kappa shape index (κ2) is 2.60. The summed E-state index contributed by atoms with van der Waals surface area (Å²) in [6.45, 7) is 3.76. The molecule has 0 aromatic rings. The molecule has 1 aliphatic rings. The zero-order valence-corrected chi connectivity index (χ0v) is 6.23. The number of amides is 1. The summed E-state index contributed by atoms with van der Waals surface area (Å²) in [6, 6.07) is 0. The van der Waals surface area contributed by atoms with Gasteiger partial charge in [-0.2, -0.15) is 0 Å². The van der Waals surface area contributed by atoms with Crippen LogP contribution in [0, 0.1) is 12.3 Å². The van der Waals surface area contributed by atoms with E-state index in [0.717, 1.165) is 25.7 Å². The van der Waals surface area contributed by atoms with E-state index in [4.69, 9.17) is 5.73 Å². The van der Waals surface area contributed by atoms with Gasteiger partial charge in [0.1, 0.15) is 0 Å². The Kier molecular flexibility index (Phi) is 1.97. The lowest BCUT2D eigenvalue weighted by molar-refractivity contribution is -0.127. The largest absolute Gasteiger partial charge is 0.369 e. The molecule has 1 aliphatic carbocycles. The number of rotatable bonds is 2. The van der Waals surface area contributed by atoms with Crippen LogP contribution in [0.25, 0.3) is 0 Å². The van der Waals surface area contributed by atoms with Crippen molar-refractivity contribution in [3.63, 3.8) is 0 Å². The normalized spacial score (nSPS) is 22.9. The maximum atomic E-state index is 10.9. The second-order valence-corrected chi connectivity index (χ2v) is 3.10. The number of carbonyl (C=O) groups excluding carboxylic acids is 1. The van der Waals surface area contributed by atoms with Crippen LogP contribution in [0.5, 0.6) is 0 Å². The van der Waals surface area contributed by atoms with Crippen molar-refractivity contribution in [1.29, 1.82) is 0 Å². The van der Waals surface area contributed by atoms with Crippen molar-refractivity contribution in [1.82, 2.24) is 0 Å². The monoisotopic (exact) mass is 140 g/mol. The van der Waals surface area contributed by atoms with Crippen molar-refractivity contribution in [2.24, 2.45) is 11.1 Å². The minimum atomic E-state index is -0.236. The molecule has 0 bridgehead atoms. The molecule has 1 saturated carbocycles. The van der Waals surface area contributed by atoms with Gasteiger partial charge in [-0.25, -0.2) is 0 Å². The fourth-order valence-electron chi connectivity index (χ4n) is 1.67. The fraction of sp³-hybridized carbons (Fsp3) is 0.750. The van der Waals surface area contributed by atoms with E-state index in [1.54, 1.807) is 0 Å². The highest BCUT2D eigenvalue weighted by molar-refractivity contribution is 5.81. The van der Waals surface area contributed by atoms with Gasteiger partial charge in [0.25, 0.3) is 0 Å². The molecule has 2 N–H and O–H groups in total. The fourth-order valence-corrected chi connectivity index (χ4v) is 1.67. The Labute approximate surface area is 61.8 Å². The van der Waals surface area contributed by atoms with Gasteiger partial charge in [0.05, 0.1) is 0 Å². The first-order valence-corrected chi connectivity index (χ1v) is 3.80. The van der Waals surface area contributed by atoms with Crippen LogP contribution in [0.4, 0.5) is 0 Å². The highest BCUT2D eigenvalue weighted by Gasteiger charge is 2.37. The molecule has 0 aromatic carbocycles. The molecule has 0 spiro atoms. The molecule has 0 aromatic heterocycles. The average Bonchev–Trinajstić information content (AvgIpc) is 2.35. The predicted octanol–water partition coefficient (Wildman–Crippen LogP) is 1.26. The van der Waals surface area contributed by atoms with Crippen LogP contribution in [-0.4, -0.2) is 5.91 Å². The molecule has 1 radical (unpaired) electrons. The number of primary amides is 1. The highest BCUT2D eigenvalue weighted by Crippen LogP contribution is 2.40. The molecule has 0 saturated heterocycles. The lowest BCUT2D eigenvalue weighted by Gasteiger charge is -2.22. The van der Waals surface area contributed by atoms with Crippen LogP contribution < -0.4 is 5.73 Å². The summed E-state index contributed by atoms with van der Waals surface area (Å²) in [5.74, 6) is -0.153. The van der Waals surface area contributed by atoms with E-state index in [1.165, 1.54) is 0 Å². The van der Waals surface area contributed by atoms with E-state index in [2.05, 4.69) is 6.92 Å². The maximum absolute atomic E-state index is 10.9. The van der Waals surface area contributed by atoms with Crippen molar-refractivity contribution < 1.29 is 4.79 Å². The van der Waals surface area contributed by atoms with Gasteiger partial charge in [0.15, 0.2) is 0 Å². The van der Waals surface area contributed by atoms with Crippen molar-refractivity contribution in [2.75, 3.05) is 0 Å². The standard InChI is InChI=1S/C8H14NO/c1-2-8(7(9)10)5-3-4-6-8/h1-6H2,(H2,9,10). The first-order chi connectivity index (χ1) is 4.71. The Bertz CT molecular complexity index is 136. The molecule has 1 fully saturated rings. The Balaban J connectivity index is 2.67. The zero-order valence-electron chi connectivity index (χ0n) is 6.23. The van der Waals surface area contributed by atoms with E-state index in [1.807, 2.05) is 0 Å². The smallest absolute Gasteiger partial charge is 0.223 e. The molecule has 57 valence electrons. The van der Waals surface area contributed by atoms with Gasteiger partial charge in [-0.15, -0.1) is 0 Å². The molecule has 1 amide bonds. The van der Waals surface area contributed by atoms with Crippen molar-refractivity contribution in [3.8, 4) is 0 Å². The Morgan fingerprint density at radius 2 is 2.00 bits per heavy atom. The Hall–Kier alpha value is -0.530. The summed E-state index contributed by atoms with van der Waals surface area (Å²) in [6.07, 6.45) is 4.84. The van der Waals surface area contributed by atoms with Crippen molar-refractivity contribution in [2.45, 2.75) is 32.1 Å². The third-order valence-corrected chi connectivity index (χ3v) is 2.56. The molecule has 1 rings (SSSR count). The van der Waals surface area contributed by atoms with Crippen molar-refractivity contribution >= 4 is 5.91 Å². The van der Waals surface area contributed by atoms with Crippen LogP contribution in [0.15, 0.2) is 0 Å². The molecule has 2 nitrogen and oxygen atoms in total. The van der Waals surface area contributed by atoms with Crippen LogP contribution in [0.1, 0.15) is 32.1 Å². The molecule has 10 heavy (non-hydrogen) atoms. The molecule has 0 heterocycles. The van der Waals surface area contributed by atoms with Gasteiger partial charge in [-0.3, -0.25) is 4.79 Å². The van der Waals surface area contributed by atoms with Crippen LogP contribution in [-0.2, 0) is 4.79 Å². The van der Waals surface area contributed by atoms with Gasteiger partial charge >= 0.3 is 0 Å². The zero-order chi connectivity index (χ0) is 7.61. The van der Waals surface area contributed by atoms with Crippen molar-refractivity contribution in [3.05, 3.63) is 6.92 Å². The Morgan fingerprint density at radius 3 is 2.20 bits per heavy atom. The summed E-state index contributed by atoms with van der Waals surface area (Å²) in [4.78, 5) is 10.9. The minimum Gasteiger partial charge on any atom is -0.369 e. The van der Waals surface area contributed by atoms with Crippen LogP contribution >= 0.6 is 0 Å². The molecule has 0 atom stereocenters. The molecular weight excluding hydrogens is 126 g/mol. The van der Waals surface area contributed by atoms with E-state index in [-0.39, 0.29) is 11.3 Å². The lowest BCUT2D eigenvalue weighted by atomic mass is 9.83. The average molecular weight is 140 g/mol. The number of nitrogens with two attached hydrogens (primary N) is 1. The minimum absolute atomic E-state index is 0.153. The predicted molar refractivity (Wildman–Crippen MR) is 40.1 cm³/mol. The summed E-state index contributed by atoms with van der Waals surface area (Å²) >= 11 is 0. The first-order valence-electron chi connectivity index (χ1n) is 3.80. The molecule has 0 aliphatic heterocycles. The van der Waals surface area contributed by atoms with Crippen LogP contribution in [0.2, 0.25) is 0 Å². The maximum Gasteiger partial charge on any atom is 0.223 e. The third kappa shape index (κ3) is 1.02. The van der Waals surface area contributed by atoms with E-state index in [9.17, 15) is 4.79 Å². The van der Waals surface area contributed by atoms with Gasteiger partial charge in [0, 0.05) is 5.41 Å². The molecular formula is C8H14NO. The van der Waals surface area contributed by atoms with Gasteiger partial charge in [0.2, 0.25) is 5.91 Å². The number of hydrogen-bond donors (Lipinski definition) is 1. The van der Waals surface area contributed by atoms with E-state index < -0.39 is 0 Å². The third-order valence-electron chi connectivity index (χ3n) is 2.56. The first kappa shape index (κ1) is 7.58. The second-order valence-electron chi connectivity index (χ2n) is 3.10. The number of carbonyl (C=O) groups is 1. The molecule has 0 unspecified atom stereocenters. The topological polar surface area (TPSA) is 43.1 Å². The van der Waals surface area contributed by atoms with Gasteiger partial charge in [-0.05, 0) is 19.3 Å². The summed E-state index contributed by atoms with van der Waals surface area (Å²) in [5, 5.41) is 0. The summed E-state index contributed by atoms with van der Waals surface area (Å²) < 4.78 is 0. The summed E-state index contributed by atoms with van der Waals surface area (Å²) in [7, 11) is 0.